The molecule has 0 unspecified atom stereocenters. The molecule has 124 valence electrons. The maximum atomic E-state index is 3.53. The second-order valence-corrected chi connectivity index (χ2v) is 6.20. The van der Waals surface area contributed by atoms with E-state index >= 15 is 0 Å². The summed E-state index contributed by atoms with van der Waals surface area (Å²) in [4.78, 5) is 2.44. The highest BCUT2D eigenvalue weighted by Gasteiger charge is 2.01. The average Bonchev–Trinajstić information content (AvgIpc) is 2.58. The summed E-state index contributed by atoms with van der Waals surface area (Å²) in [7, 11) is 0. The first-order valence-corrected chi connectivity index (χ1v) is 8.73. The number of rotatable bonds is 8. The Bertz CT molecular complexity index is 598. The Morgan fingerprint density at radius 3 is 2.09 bits per heavy atom. The summed E-state index contributed by atoms with van der Waals surface area (Å²) in [5.74, 6) is 0. The molecule has 2 nitrogen and oxygen atoms in total. The Balaban J connectivity index is 1.88. The van der Waals surface area contributed by atoms with Gasteiger partial charge < -0.3 is 10.2 Å². The second-order valence-electron chi connectivity index (χ2n) is 6.20. The second kappa shape index (κ2) is 8.85. The summed E-state index contributed by atoms with van der Waals surface area (Å²) < 4.78 is 0. The number of nitrogens with one attached hydrogen (secondary N) is 1. The molecule has 0 aliphatic heterocycles. The fraction of sp³-hybridized carbons (Fsp3) is 0.429. The zero-order valence-electron chi connectivity index (χ0n) is 15.0. The van der Waals surface area contributed by atoms with Crippen LogP contribution < -0.4 is 5.32 Å². The quantitative estimate of drug-likeness (QED) is 0.727. The van der Waals surface area contributed by atoms with Gasteiger partial charge in [-0.1, -0.05) is 56.3 Å². The smallest absolute Gasteiger partial charge is 0.0206 e. The van der Waals surface area contributed by atoms with Crippen LogP contribution in [0.2, 0.25) is 0 Å². The van der Waals surface area contributed by atoms with Crippen LogP contribution in [0.4, 0.5) is 0 Å². The predicted molar refractivity (Wildman–Crippen MR) is 101 cm³/mol. The fourth-order valence-electron chi connectivity index (χ4n) is 2.75. The van der Waals surface area contributed by atoms with Crippen LogP contribution in [-0.4, -0.2) is 31.1 Å². The molecule has 1 N–H and O–H groups in total. The van der Waals surface area contributed by atoms with E-state index in [-0.39, 0.29) is 0 Å². The minimum absolute atomic E-state index is 0.939. The molecule has 0 fully saturated rings. The third-order valence-electron chi connectivity index (χ3n) is 4.62. The number of benzene rings is 2. The van der Waals surface area contributed by atoms with Gasteiger partial charge in [0.25, 0.3) is 0 Å². The lowest BCUT2D eigenvalue weighted by molar-refractivity contribution is 0.302. The molecule has 0 aromatic heterocycles. The van der Waals surface area contributed by atoms with Gasteiger partial charge in [-0.05, 0) is 54.8 Å². The minimum Gasteiger partial charge on any atom is -0.311 e. The molecule has 2 heteroatoms. The van der Waals surface area contributed by atoms with E-state index in [1.165, 1.54) is 27.8 Å². The summed E-state index contributed by atoms with van der Waals surface area (Å²) in [6.45, 7) is 14.1. The zero-order valence-corrected chi connectivity index (χ0v) is 15.0. The Labute approximate surface area is 141 Å². The maximum Gasteiger partial charge on any atom is 0.0206 e. The highest BCUT2D eigenvalue weighted by molar-refractivity contribution is 5.65. The van der Waals surface area contributed by atoms with Gasteiger partial charge in [0.2, 0.25) is 0 Å². The summed E-state index contributed by atoms with van der Waals surface area (Å²) >= 11 is 0. The van der Waals surface area contributed by atoms with Crippen molar-refractivity contribution in [3.8, 4) is 11.1 Å². The molecule has 0 radical (unpaired) electrons. The van der Waals surface area contributed by atoms with Crippen LogP contribution in [0.25, 0.3) is 11.1 Å². The van der Waals surface area contributed by atoms with Crippen LogP contribution in [0.5, 0.6) is 0 Å². The molecule has 2 aromatic rings. The number of aryl methyl sites for hydroxylation is 2. The van der Waals surface area contributed by atoms with Gasteiger partial charge in [0, 0.05) is 19.6 Å². The van der Waals surface area contributed by atoms with Gasteiger partial charge in [0.05, 0.1) is 0 Å². The summed E-state index contributed by atoms with van der Waals surface area (Å²) in [5, 5.41) is 3.53. The van der Waals surface area contributed by atoms with Crippen molar-refractivity contribution >= 4 is 0 Å². The minimum atomic E-state index is 0.939. The molecular formula is C21H30N2. The summed E-state index contributed by atoms with van der Waals surface area (Å²) in [6.07, 6.45) is 0. The van der Waals surface area contributed by atoms with Gasteiger partial charge in [0.1, 0.15) is 0 Å². The van der Waals surface area contributed by atoms with Gasteiger partial charge in [-0.3, -0.25) is 0 Å². The van der Waals surface area contributed by atoms with Crippen molar-refractivity contribution in [2.45, 2.75) is 34.2 Å². The van der Waals surface area contributed by atoms with Crippen LogP contribution in [0, 0.1) is 13.8 Å². The van der Waals surface area contributed by atoms with E-state index in [0.29, 0.717) is 0 Å². The lowest BCUT2D eigenvalue weighted by Gasteiger charge is -2.18. The van der Waals surface area contributed by atoms with E-state index in [1.54, 1.807) is 0 Å². The molecule has 23 heavy (non-hydrogen) atoms. The molecule has 0 saturated heterocycles. The van der Waals surface area contributed by atoms with E-state index in [0.717, 1.165) is 32.7 Å². The van der Waals surface area contributed by atoms with Gasteiger partial charge >= 0.3 is 0 Å². The van der Waals surface area contributed by atoms with Crippen molar-refractivity contribution in [1.29, 1.82) is 0 Å². The lowest BCUT2D eigenvalue weighted by atomic mass is 10.00. The van der Waals surface area contributed by atoms with Gasteiger partial charge in [-0.15, -0.1) is 0 Å². The monoisotopic (exact) mass is 310 g/mol. The summed E-state index contributed by atoms with van der Waals surface area (Å²) in [6, 6.07) is 15.6. The molecule has 0 aliphatic carbocycles. The number of hydrogen-bond acceptors (Lipinski definition) is 2. The van der Waals surface area contributed by atoms with Crippen molar-refractivity contribution in [2.24, 2.45) is 0 Å². The molecule has 0 bridgehead atoms. The van der Waals surface area contributed by atoms with Gasteiger partial charge in [-0.2, -0.15) is 0 Å². The highest BCUT2D eigenvalue weighted by atomic mass is 15.1. The normalized spacial score (nSPS) is 11.2. The Morgan fingerprint density at radius 2 is 1.48 bits per heavy atom. The third kappa shape index (κ3) is 5.19. The molecule has 0 saturated carbocycles. The van der Waals surface area contributed by atoms with Gasteiger partial charge in [0.15, 0.2) is 0 Å². The molecule has 0 aliphatic rings. The standard InChI is InChI=1S/C21H30N2/c1-5-23(6-2)14-13-22-16-19-8-11-20(12-9-19)21-10-7-17(3)18(4)15-21/h7-12,15,22H,5-6,13-14,16H2,1-4H3. The third-order valence-corrected chi connectivity index (χ3v) is 4.62. The first kappa shape index (κ1) is 17.7. The summed E-state index contributed by atoms with van der Waals surface area (Å²) in [5.41, 5.74) is 6.64. The van der Waals surface area contributed by atoms with Crippen molar-refractivity contribution < 1.29 is 0 Å². The van der Waals surface area contributed by atoms with Crippen molar-refractivity contribution in [1.82, 2.24) is 10.2 Å². The van der Waals surface area contributed by atoms with Crippen LogP contribution >= 0.6 is 0 Å². The maximum absolute atomic E-state index is 3.53. The topological polar surface area (TPSA) is 15.3 Å². The van der Waals surface area contributed by atoms with E-state index in [9.17, 15) is 0 Å². The van der Waals surface area contributed by atoms with E-state index in [4.69, 9.17) is 0 Å². The van der Waals surface area contributed by atoms with Crippen LogP contribution in [-0.2, 0) is 6.54 Å². The molecule has 0 spiro atoms. The van der Waals surface area contributed by atoms with E-state index in [2.05, 4.69) is 80.4 Å². The van der Waals surface area contributed by atoms with E-state index < -0.39 is 0 Å². The molecule has 0 heterocycles. The van der Waals surface area contributed by atoms with Gasteiger partial charge in [-0.25, -0.2) is 0 Å². The molecular weight excluding hydrogens is 280 g/mol. The number of nitrogens with zero attached hydrogens (tertiary/aromatic N) is 1. The van der Waals surface area contributed by atoms with Crippen LogP contribution in [0.3, 0.4) is 0 Å². The highest BCUT2D eigenvalue weighted by Crippen LogP contribution is 2.22. The van der Waals surface area contributed by atoms with Crippen LogP contribution in [0.1, 0.15) is 30.5 Å². The fourth-order valence-corrected chi connectivity index (χ4v) is 2.75. The SMILES string of the molecule is CCN(CC)CCNCc1ccc(-c2ccc(C)c(C)c2)cc1. The lowest BCUT2D eigenvalue weighted by Crippen LogP contribution is -2.31. The Kier molecular flexibility index (Phi) is 6.82. The molecule has 2 rings (SSSR count). The van der Waals surface area contributed by atoms with Crippen molar-refractivity contribution in [3.63, 3.8) is 0 Å². The average molecular weight is 310 g/mol. The molecule has 0 atom stereocenters. The van der Waals surface area contributed by atoms with Crippen molar-refractivity contribution in [2.75, 3.05) is 26.2 Å². The molecule has 0 amide bonds. The van der Waals surface area contributed by atoms with Crippen LogP contribution in [0.15, 0.2) is 42.5 Å². The Hall–Kier alpha value is -1.64. The first-order valence-electron chi connectivity index (χ1n) is 8.73. The van der Waals surface area contributed by atoms with E-state index in [1.807, 2.05) is 0 Å². The number of hydrogen-bond donors (Lipinski definition) is 1. The molecule has 2 aromatic carbocycles. The predicted octanol–water partition coefficient (Wildman–Crippen LogP) is 4.40. The zero-order chi connectivity index (χ0) is 16.7. The first-order chi connectivity index (χ1) is 11.1. The Morgan fingerprint density at radius 1 is 0.826 bits per heavy atom. The van der Waals surface area contributed by atoms with Crippen molar-refractivity contribution in [3.05, 3.63) is 59.2 Å². The largest absolute Gasteiger partial charge is 0.311 e. The number of likely N-dealkylation sites (N-methyl/N-ethyl adjacent to an activating group) is 1.